The van der Waals surface area contributed by atoms with Crippen LogP contribution < -0.4 is 0 Å². The Morgan fingerprint density at radius 3 is 2.05 bits per heavy atom. The minimum absolute atomic E-state index is 0.255. The summed E-state index contributed by atoms with van der Waals surface area (Å²) in [6, 6.07) is 5.90. The lowest BCUT2D eigenvalue weighted by Gasteiger charge is -2.22. The Kier molecular flexibility index (Phi) is 4.42. The number of alkyl halides is 3. The van der Waals surface area contributed by atoms with Gasteiger partial charge in [-0.1, -0.05) is 31.4 Å². The van der Waals surface area contributed by atoms with Gasteiger partial charge in [0.15, 0.2) is 15.6 Å². The number of hydrogen-bond donors (Lipinski definition) is 0. The van der Waals surface area contributed by atoms with Gasteiger partial charge in [0.25, 0.3) is 0 Å². The molecule has 0 saturated heterocycles. The van der Waals surface area contributed by atoms with E-state index in [0.29, 0.717) is 5.92 Å². The zero-order chi connectivity index (χ0) is 14.8. The van der Waals surface area contributed by atoms with E-state index >= 15 is 0 Å². The number of benzene rings is 1. The zero-order valence-electron chi connectivity index (χ0n) is 11.0. The molecule has 2 nitrogen and oxygen atoms in total. The monoisotopic (exact) mass is 306 g/mol. The molecule has 0 unspecified atom stereocenters. The van der Waals surface area contributed by atoms with Crippen LogP contribution in [0.1, 0.15) is 43.6 Å². The number of halogens is 3. The minimum Gasteiger partial charge on any atom is -0.223 e. The summed E-state index contributed by atoms with van der Waals surface area (Å²) < 4.78 is 59.9. The summed E-state index contributed by atoms with van der Waals surface area (Å²) in [7, 11) is -4.29. The molecule has 0 aromatic heterocycles. The number of rotatable bonds is 3. The van der Waals surface area contributed by atoms with E-state index in [4.69, 9.17) is 0 Å². The molecule has 0 radical (unpaired) electrons. The van der Waals surface area contributed by atoms with E-state index in [1.807, 2.05) is 0 Å². The molecule has 6 heteroatoms. The van der Waals surface area contributed by atoms with Gasteiger partial charge in [-0.05, 0) is 36.5 Å². The van der Waals surface area contributed by atoms with Crippen molar-refractivity contribution in [3.8, 4) is 0 Å². The van der Waals surface area contributed by atoms with Gasteiger partial charge in [0, 0.05) is 0 Å². The summed E-state index contributed by atoms with van der Waals surface area (Å²) in [4.78, 5) is -0.255. The summed E-state index contributed by atoms with van der Waals surface area (Å²) in [6.07, 6.45) is 0.941. The van der Waals surface area contributed by atoms with Gasteiger partial charge in [0.05, 0.1) is 4.90 Å². The van der Waals surface area contributed by atoms with Gasteiger partial charge in [0.1, 0.15) is 0 Å². The Hall–Kier alpha value is -1.04. The third-order valence-corrected chi connectivity index (χ3v) is 5.37. The molecule has 1 aliphatic carbocycles. The first-order valence-electron chi connectivity index (χ1n) is 6.67. The summed E-state index contributed by atoms with van der Waals surface area (Å²) in [5.74, 6) is -1.40. The molecule has 1 aromatic rings. The third-order valence-electron chi connectivity index (χ3n) is 3.67. The second-order valence-electron chi connectivity index (χ2n) is 5.28. The van der Waals surface area contributed by atoms with Crippen LogP contribution in [0.3, 0.4) is 0 Å². The Balaban J connectivity index is 2.15. The molecule has 1 saturated carbocycles. The van der Waals surface area contributed by atoms with Gasteiger partial charge in [-0.3, -0.25) is 0 Å². The van der Waals surface area contributed by atoms with Gasteiger partial charge in [-0.15, -0.1) is 0 Å². The highest BCUT2D eigenvalue weighted by Crippen LogP contribution is 2.33. The van der Waals surface area contributed by atoms with E-state index in [2.05, 4.69) is 0 Å². The minimum atomic E-state index is -4.71. The van der Waals surface area contributed by atoms with Crippen molar-refractivity contribution in [3.05, 3.63) is 29.8 Å². The third kappa shape index (κ3) is 3.98. The Morgan fingerprint density at radius 1 is 1.00 bits per heavy atom. The Labute approximate surface area is 116 Å². The van der Waals surface area contributed by atoms with Gasteiger partial charge < -0.3 is 0 Å². The average Bonchev–Trinajstić information content (AvgIpc) is 2.37. The molecular weight excluding hydrogens is 289 g/mol. The van der Waals surface area contributed by atoms with Gasteiger partial charge in [-0.2, -0.15) is 13.2 Å². The van der Waals surface area contributed by atoms with Crippen molar-refractivity contribution in [2.45, 2.75) is 49.1 Å². The van der Waals surface area contributed by atoms with Crippen molar-refractivity contribution in [1.29, 1.82) is 0 Å². The summed E-state index contributed by atoms with van der Waals surface area (Å²) >= 11 is 0. The molecule has 0 aliphatic heterocycles. The van der Waals surface area contributed by atoms with Crippen LogP contribution in [0.2, 0.25) is 0 Å². The molecule has 20 heavy (non-hydrogen) atoms. The van der Waals surface area contributed by atoms with E-state index in [9.17, 15) is 21.6 Å². The summed E-state index contributed by atoms with van der Waals surface area (Å²) in [6.45, 7) is 0. The highest BCUT2D eigenvalue weighted by Gasteiger charge is 2.35. The standard InChI is InChI=1S/C14H17F3O2S/c15-14(16,17)10-20(18,19)13-8-6-12(7-9-13)11-4-2-1-3-5-11/h6-9,11H,1-5,10H2. The van der Waals surface area contributed by atoms with Crippen LogP contribution in [0.5, 0.6) is 0 Å². The van der Waals surface area contributed by atoms with Crippen molar-refractivity contribution in [3.63, 3.8) is 0 Å². The Morgan fingerprint density at radius 2 is 1.55 bits per heavy atom. The van der Waals surface area contributed by atoms with E-state index in [0.717, 1.165) is 31.2 Å². The van der Waals surface area contributed by atoms with Crippen molar-refractivity contribution in [2.75, 3.05) is 5.75 Å². The maximum absolute atomic E-state index is 12.2. The van der Waals surface area contributed by atoms with Crippen molar-refractivity contribution < 1.29 is 21.6 Å². The van der Waals surface area contributed by atoms with Gasteiger partial charge >= 0.3 is 6.18 Å². The molecule has 0 spiro atoms. The van der Waals surface area contributed by atoms with E-state index < -0.39 is 21.8 Å². The fourth-order valence-corrected chi connectivity index (χ4v) is 3.83. The fourth-order valence-electron chi connectivity index (χ4n) is 2.68. The molecule has 1 fully saturated rings. The molecule has 0 amide bonds. The van der Waals surface area contributed by atoms with Crippen molar-refractivity contribution >= 4 is 9.84 Å². The van der Waals surface area contributed by atoms with Crippen LogP contribution in [0, 0.1) is 0 Å². The summed E-state index contributed by atoms with van der Waals surface area (Å²) in [5, 5.41) is 0. The highest BCUT2D eigenvalue weighted by molar-refractivity contribution is 7.91. The lowest BCUT2D eigenvalue weighted by Crippen LogP contribution is -2.22. The van der Waals surface area contributed by atoms with E-state index in [1.54, 1.807) is 12.1 Å². The smallest absolute Gasteiger partial charge is 0.223 e. The van der Waals surface area contributed by atoms with Crippen LogP contribution in [-0.4, -0.2) is 20.3 Å². The van der Waals surface area contributed by atoms with Crippen LogP contribution >= 0.6 is 0 Å². The molecule has 2 rings (SSSR count). The van der Waals surface area contributed by atoms with Crippen LogP contribution in [0.15, 0.2) is 29.2 Å². The first-order chi connectivity index (χ1) is 9.28. The molecule has 0 bridgehead atoms. The largest absolute Gasteiger partial charge is 0.403 e. The van der Waals surface area contributed by atoms with Crippen molar-refractivity contribution in [2.24, 2.45) is 0 Å². The average molecular weight is 306 g/mol. The molecular formula is C14H17F3O2S. The molecule has 0 N–H and O–H groups in total. The van der Waals surface area contributed by atoms with Crippen LogP contribution in [0.4, 0.5) is 13.2 Å². The van der Waals surface area contributed by atoms with Crippen LogP contribution in [0.25, 0.3) is 0 Å². The van der Waals surface area contributed by atoms with Crippen LogP contribution in [-0.2, 0) is 9.84 Å². The first kappa shape index (κ1) is 15.4. The molecule has 0 atom stereocenters. The normalized spacial score (nSPS) is 18.1. The SMILES string of the molecule is O=S(=O)(CC(F)(F)F)c1ccc(C2CCCCC2)cc1. The maximum atomic E-state index is 12.2. The fraction of sp³-hybridized carbons (Fsp3) is 0.571. The Bertz CT molecular complexity index is 541. The molecule has 0 heterocycles. The first-order valence-corrected chi connectivity index (χ1v) is 8.33. The van der Waals surface area contributed by atoms with E-state index in [-0.39, 0.29) is 4.90 Å². The van der Waals surface area contributed by atoms with E-state index in [1.165, 1.54) is 18.6 Å². The molecule has 1 aliphatic rings. The maximum Gasteiger partial charge on any atom is 0.403 e. The lowest BCUT2D eigenvalue weighted by molar-refractivity contribution is -0.106. The van der Waals surface area contributed by atoms with Crippen molar-refractivity contribution in [1.82, 2.24) is 0 Å². The highest BCUT2D eigenvalue weighted by atomic mass is 32.2. The second-order valence-corrected chi connectivity index (χ2v) is 7.27. The molecule has 1 aromatic carbocycles. The quantitative estimate of drug-likeness (QED) is 0.843. The topological polar surface area (TPSA) is 34.1 Å². The van der Waals surface area contributed by atoms with Gasteiger partial charge in [-0.25, -0.2) is 8.42 Å². The second kappa shape index (κ2) is 5.76. The predicted molar refractivity (Wildman–Crippen MR) is 70.4 cm³/mol. The lowest BCUT2D eigenvalue weighted by atomic mass is 9.84. The zero-order valence-corrected chi connectivity index (χ0v) is 11.8. The predicted octanol–water partition coefficient (Wildman–Crippen LogP) is 4.07. The number of sulfone groups is 1. The molecule has 112 valence electrons. The number of hydrogen-bond acceptors (Lipinski definition) is 2. The van der Waals surface area contributed by atoms with Gasteiger partial charge in [0.2, 0.25) is 0 Å². The summed E-state index contributed by atoms with van der Waals surface area (Å²) in [5.41, 5.74) is 1.02.